The maximum atomic E-state index is 11.1. The zero-order chi connectivity index (χ0) is 8.55. The fourth-order valence-electron chi connectivity index (χ4n) is 0.924. The molecule has 0 aromatic carbocycles. The van der Waals surface area contributed by atoms with Gasteiger partial charge in [0.2, 0.25) is 0 Å². The van der Waals surface area contributed by atoms with Gasteiger partial charge in [-0.3, -0.25) is 4.40 Å². The Hall–Kier alpha value is -1.23. The fourth-order valence-corrected chi connectivity index (χ4v) is 1.25. The Morgan fingerprint density at radius 3 is 3.08 bits per heavy atom. The molecule has 0 aliphatic carbocycles. The maximum Gasteiger partial charge on any atom is 0.354 e. The smallest absolute Gasteiger partial charge is 0.251 e. The average molecular weight is 226 g/mol. The quantitative estimate of drug-likeness (QED) is 0.669. The molecule has 2 heterocycles. The molecule has 5 heteroatoms. The van der Waals surface area contributed by atoms with E-state index in [2.05, 4.69) is 25.9 Å². The highest BCUT2D eigenvalue weighted by Gasteiger charge is 1.96. The van der Waals surface area contributed by atoms with E-state index in [1.807, 2.05) is 0 Å². The third kappa shape index (κ3) is 1.12. The largest absolute Gasteiger partial charge is 0.354 e. The Morgan fingerprint density at radius 2 is 2.25 bits per heavy atom. The monoisotopic (exact) mass is 225 g/mol. The van der Waals surface area contributed by atoms with E-state index < -0.39 is 0 Å². The molecule has 0 aliphatic heterocycles. The summed E-state index contributed by atoms with van der Waals surface area (Å²) in [6.07, 6.45) is 2.88. The number of aromatic nitrogens is 3. The van der Waals surface area contributed by atoms with Crippen LogP contribution in [0.15, 0.2) is 33.9 Å². The van der Waals surface area contributed by atoms with Gasteiger partial charge in [0.25, 0.3) is 0 Å². The second-order valence-corrected chi connectivity index (χ2v) is 3.15. The summed E-state index contributed by atoms with van der Waals surface area (Å²) in [4.78, 5) is 18.5. The van der Waals surface area contributed by atoms with Crippen LogP contribution in [0.2, 0.25) is 0 Å². The van der Waals surface area contributed by atoms with Crippen LogP contribution in [0.1, 0.15) is 0 Å². The Bertz CT molecular complexity index is 479. The Balaban J connectivity index is 2.96. The molecule has 2 aromatic rings. The summed E-state index contributed by atoms with van der Waals surface area (Å²) in [6.45, 7) is 0. The van der Waals surface area contributed by atoms with Crippen molar-refractivity contribution in [2.45, 2.75) is 0 Å². The van der Waals surface area contributed by atoms with Crippen molar-refractivity contribution in [2.24, 2.45) is 0 Å². The van der Waals surface area contributed by atoms with Crippen molar-refractivity contribution < 1.29 is 0 Å². The molecular weight excluding hydrogens is 222 g/mol. The van der Waals surface area contributed by atoms with Crippen LogP contribution in [0.25, 0.3) is 5.65 Å². The van der Waals surface area contributed by atoms with Gasteiger partial charge in [-0.15, -0.1) is 0 Å². The van der Waals surface area contributed by atoms with Crippen molar-refractivity contribution in [2.75, 3.05) is 0 Å². The topological polar surface area (TPSA) is 47.3 Å². The van der Waals surface area contributed by atoms with Crippen molar-refractivity contribution in [3.05, 3.63) is 39.6 Å². The molecule has 0 fully saturated rings. The SMILES string of the molecule is O=c1ncnc2cc(Br)ccn12. The molecule has 0 aliphatic rings. The van der Waals surface area contributed by atoms with Crippen LogP contribution in [0.5, 0.6) is 0 Å². The van der Waals surface area contributed by atoms with Crippen LogP contribution >= 0.6 is 15.9 Å². The number of halogens is 1. The second-order valence-electron chi connectivity index (χ2n) is 2.23. The van der Waals surface area contributed by atoms with Crippen LogP contribution in [-0.4, -0.2) is 14.4 Å². The summed E-state index contributed by atoms with van der Waals surface area (Å²) >= 11 is 3.28. The van der Waals surface area contributed by atoms with Crippen LogP contribution in [0.3, 0.4) is 0 Å². The van der Waals surface area contributed by atoms with E-state index in [9.17, 15) is 4.79 Å². The van der Waals surface area contributed by atoms with Crippen LogP contribution in [0.4, 0.5) is 0 Å². The minimum atomic E-state index is -0.312. The fraction of sp³-hybridized carbons (Fsp3) is 0. The van der Waals surface area contributed by atoms with E-state index in [4.69, 9.17) is 0 Å². The molecule has 2 rings (SSSR count). The molecule has 0 amide bonds. The van der Waals surface area contributed by atoms with E-state index >= 15 is 0 Å². The van der Waals surface area contributed by atoms with Gasteiger partial charge in [-0.25, -0.2) is 9.78 Å². The van der Waals surface area contributed by atoms with Gasteiger partial charge in [0.1, 0.15) is 12.0 Å². The van der Waals surface area contributed by atoms with Crippen molar-refractivity contribution >= 4 is 21.6 Å². The normalized spacial score (nSPS) is 10.4. The lowest BCUT2D eigenvalue weighted by Gasteiger charge is -1.96. The van der Waals surface area contributed by atoms with E-state index in [0.29, 0.717) is 5.65 Å². The summed E-state index contributed by atoms with van der Waals surface area (Å²) in [6, 6.07) is 3.51. The van der Waals surface area contributed by atoms with Crippen molar-refractivity contribution in [3.8, 4) is 0 Å². The summed E-state index contributed by atoms with van der Waals surface area (Å²) in [5.41, 5.74) is 0.275. The van der Waals surface area contributed by atoms with E-state index in [1.165, 1.54) is 10.7 Å². The lowest BCUT2D eigenvalue weighted by molar-refractivity contribution is 0.939. The Labute approximate surface area is 76.0 Å². The standard InChI is InChI=1S/C7H4BrN3O/c8-5-1-2-11-6(3-5)9-4-10-7(11)12/h1-4H. The molecular formula is C7H4BrN3O. The molecule has 60 valence electrons. The Kier molecular flexibility index (Phi) is 1.65. The van der Waals surface area contributed by atoms with Gasteiger partial charge in [-0.2, -0.15) is 4.98 Å². The van der Waals surface area contributed by atoms with Gasteiger partial charge in [-0.1, -0.05) is 15.9 Å². The van der Waals surface area contributed by atoms with E-state index in [-0.39, 0.29) is 5.69 Å². The molecule has 12 heavy (non-hydrogen) atoms. The molecule has 0 atom stereocenters. The number of nitrogens with zero attached hydrogens (tertiary/aromatic N) is 3. The van der Waals surface area contributed by atoms with Gasteiger partial charge in [-0.05, 0) is 12.1 Å². The first-order valence-electron chi connectivity index (χ1n) is 3.26. The highest BCUT2D eigenvalue weighted by Crippen LogP contribution is 2.08. The predicted octanol–water partition coefficient (Wildman–Crippen LogP) is 0.852. The lowest BCUT2D eigenvalue weighted by Crippen LogP contribution is -2.16. The van der Waals surface area contributed by atoms with Gasteiger partial charge < -0.3 is 0 Å². The van der Waals surface area contributed by atoms with Gasteiger partial charge in [0.15, 0.2) is 0 Å². The molecule has 4 nitrogen and oxygen atoms in total. The molecule has 2 aromatic heterocycles. The second kappa shape index (κ2) is 2.67. The third-order valence-corrected chi connectivity index (χ3v) is 1.95. The summed E-state index contributed by atoms with van der Waals surface area (Å²) < 4.78 is 2.27. The average Bonchev–Trinajstić information content (AvgIpc) is 2.04. The number of rotatable bonds is 0. The summed E-state index contributed by atoms with van der Waals surface area (Å²) in [7, 11) is 0. The molecule has 0 saturated heterocycles. The van der Waals surface area contributed by atoms with Gasteiger partial charge in [0.05, 0.1) is 0 Å². The minimum Gasteiger partial charge on any atom is -0.251 e. The molecule has 0 unspecified atom stereocenters. The highest BCUT2D eigenvalue weighted by molar-refractivity contribution is 9.10. The van der Waals surface area contributed by atoms with E-state index in [0.717, 1.165) is 4.47 Å². The zero-order valence-electron chi connectivity index (χ0n) is 5.94. The molecule has 0 N–H and O–H groups in total. The van der Waals surface area contributed by atoms with Crippen molar-refractivity contribution in [3.63, 3.8) is 0 Å². The molecule has 0 spiro atoms. The number of hydrogen-bond donors (Lipinski definition) is 0. The van der Waals surface area contributed by atoms with Crippen molar-refractivity contribution in [1.82, 2.24) is 14.4 Å². The number of pyridine rings is 1. The molecule has 0 radical (unpaired) electrons. The zero-order valence-corrected chi connectivity index (χ0v) is 7.52. The summed E-state index contributed by atoms with van der Waals surface area (Å²) in [5, 5.41) is 0. The summed E-state index contributed by atoms with van der Waals surface area (Å²) in [5.74, 6) is 0. The van der Waals surface area contributed by atoms with Crippen LogP contribution in [-0.2, 0) is 0 Å². The predicted molar refractivity (Wildman–Crippen MR) is 47.0 cm³/mol. The first-order valence-corrected chi connectivity index (χ1v) is 4.05. The first kappa shape index (κ1) is 7.42. The molecule has 0 bridgehead atoms. The maximum absolute atomic E-state index is 11.1. The van der Waals surface area contributed by atoms with Gasteiger partial charge >= 0.3 is 5.69 Å². The minimum absolute atomic E-state index is 0.312. The van der Waals surface area contributed by atoms with Crippen LogP contribution < -0.4 is 5.69 Å². The third-order valence-electron chi connectivity index (χ3n) is 1.46. The Morgan fingerprint density at radius 1 is 1.42 bits per heavy atom. The molecule has 0 saturated carbocycles. The highest BCUT2D eigenvalue weighted by atomic mass is 79.9. The van der Waals surface area contributed by atoms with Gasteiger partial charge in [0, 0.05) is 10.7 Å². The van der Waals surface area contributed by atoms with Crippen molar-refractivity contribution in [1.29, 1.82) is 0 Å². The van der Waals surface area contributed by atoms with E-state index in [1.54, 1.807) is 18.3 Å². The number of fused-ring (bicyclic) bond motifs is 1. The van der Waals surface area contributed by atoms with Crippen LogP contribution in [0, 0.1) is 0 Å². The number of hydrogen-bond acceptors (Lipinski definition) is 3. The first-order chi connectivity index (χ1) is 5.77. The lowest BCUT2D eigenvalue weighted by atomic mass is 10.5.